The van der Waals surface area contributed by atoms with E-state index in [-0.39, 0.29) is 11.6 Å². The molecule has 3 rings (SSSR count). The minimum atomic E-state index is -0.337. The highest BCUT2D eigenvalue weighted by Crippen LogP contribution is 2.21. The van der Waals surface area contributed by atoms with Crippen LogP contribution in [0, 0.1) is 11.8 Å². The first-order valence-corrected chi connectivity index (χ1v) is 10.5. The van der Waals surface area contributed by atoms with Gasteiger partial charge in [0.1, 0.15) is 12.4 Å². The van der Waals surface area contributed by atoms with E-state index in [2.05, 4.69) is 11.8 Å². The molecule has 0 fully saturated rings. The van der Waals surface area contributed by atoms with Crippen LogP contribution in [0.2, 0.25) is 0 Å². The molecule has 4 heteroatoms. The standard InChI is InChI=1S/C28H28O4/c1-28(2,3)32-20-19-31-26-17-9-22(10-18-26)6-5-21-7-11-23(12-8-21)24-13-15-25(16-14-24)27(29)30-4/h7-18H,19-20H2,1-4H3. The van der Waals surface area contributed by atoms with Gasteiger partial charge in [-0.25, -0.2) is 4.79 Å². The molecule has 0 amide bonds. The Hall–Kier alpha value is -3.55. The van der Waals surface area contributed by atoms with Crippen molar-refractivity contribution in [2.45, 2.75) is 26.4 Å². The van der Waals surface area contributed by atoms with Crippen LogP contribution in [-0.2, 0) is 9.47 Å². The fourth-order valence-electron chi connectivity index (χ4n) is 2.95. The third kappa shape index (κ3) is 7.01. The lowest BCUT2D eigenvalue weighted by atomic mass is 10.0. The van der Waals surface area contributed by atoms with Gasteiger partial charge < -0.3 is 14.2 Å². The monoisotopic (exact) mass is 428 g/mol. The number of carbonyl (C=O) groups is 1. The van der Waals surface area contributed by atoms with E-state index in [9.17, 15) is 4.79 Å². The molecule has 0 radical (unpaired) electrons. The number of rotatable bonds is 6. The van der Waals surface area contributed by atoms with Crippen molar-refractivity contribution in [1.29, 1.82) is 0 Å². The summed E-state index contributed by atoms with van der Waals surface area (Å²) >= 11 is 0. The first-order valence-electron chi connectivity index (χ1n) is 10.5. The Morgan fingerprint density at radius 1 is 0.750 bits per heavy atom. The molecule has 0 unspecified atom stereocenters. The van der Waals surface area contributed by atoms with Crippen LogP contribution >= 0.6 is 0 Å². The van der Waals surface area contributed by atoms with Crippen molar-refractivity contribution in [3.63, 3.8) is 0 Å². The smallest absolute Gasteiger partial charge is 0.337 e. The summed E-state index contributed by atoms with van der Waals surface area (Å²) in [5.41, 5.74) is 4.32. The third-order valence-corrected chi connectivity index (χ3v) is 4.62. The van der Waals surface area contributed by atoms with Gasteiger partial charge in [-0.3, -0.25) is 0 Å². The largest absolute Gasteiger partial charge is 0.491 e. The van der Waals surface area contributed by atoms with Gasteiger partial charge in [-0.1, -0.05) is 36.1 Å². The summed E-state index contributed by atoms with van der Waals surface area (Å²) in [5, 5.41) is 0. The van der Waals surface area contributed by atoms with Crippen molar-refractivity contribution in [2.24, 2.45) is 0 Å². The van der Waals surface area contributed by atoms with E-state index in [1.54, 1.807) is 12.1 Å². The quantitative estimate of drug-likeness (QED) is 0.286. The van der Waals surface area contributed by atoms with Crippen LogP contribution < -0.4 is 4.74 Å². The molecule has 3 aromatic carbocycles. The Morgan fingerprint density at radius 2 is 1.25 bits per heavy atom. The van der Waals surface area contributed by atoms with Gasteiger partial charge in [-0.05, 0) is 80.4 Å². The van der Waals surface area contributed by atoms with Crippen LogP contribution in [0.4, 0.5) is 0 Å². The molecule has 4 nitrogen and oxygen atoms in total. The van der Waals surface area contributed by atoms with E-state index in [1.807, 2.05) is 81.4 Å². The van der Waals surface area contributed by atoms with Crippen molar-refractivity contribution in [2.75, 3.05) is 20.3 Å². The van der Waals surface area contributed by atoms with Gasteiger partial charge >= 0.3 is 5.97 Å². The van der Waals surface area contributed by atoms with Crippen LogP contribution in [0.1, 0.15) is 42.3 Å². The number of benzene rings is 3. The molecule has 164 valence electrons. The number of methoxy groups -OCH3 is 1. The predicted octanol–water partition coefficient (Wildman–Crippen LogP) is 5.73. The fraction of sp³-hybridized carbons (Fsp3) is 0.250. The summed E-state index contributed by atoms with van der Waals surface area (Å²) in [5.74, 6) is 6.83. The molecule has 0 saturated heterocycles. The summed E-state index contributed by atoms with van der Waals surface area (Å²) in [6.45, 7) is 7.14. The minimum absolute atomic E-state index is 0.157. The molecule has 0 aliphatic rings. The molecule has 0 atom stereocenters. The number of hydrogen-bond donors (Lipinski definition) is 0. The van der Waals surface area contributed by atoms with E-state index < -0.39 is 0 Å². The highest BCUT2D eigenvalue weighted by atomic mass is 16.5. The van der Waals surface area contributed by atoms with Gasteiger partial charge in [0.15, 0.2) is 0 Å². The first kappa shape index (κ1) is 23.1. The van der Waals surface area contributed by atoms with E-state index in [4.69, 9.17) is 14.2 Å². The molecule has 0 aliphatic carbocycles. The summed E-state index contributed by atoms with van der Waals surface area (Å²) in [4.78, 5) is 11.6. The number of esters is 1. The zero-order valence-electron chi connectivity index (χ0n) is 19.0. The molecule has 32 heavy (non-hydrogen) atoms. The lowest BCUT2D eigenvalue weighted by Gasteiger charge is -2.19. The van der Waals surface area contributed by atoms with Crippen molar-refractivity contribution < 1.29 is 19.0 Å². The maximum absolute atomic E-state index is 11.6. The Kier molecular flexibility index (Phi) is 7.70. The normalized spacial score (nSPS) is 10.8. The van der Waals surface area contributed by atoms with E-state index in [0.717, 1.165) is 28.0 Å². The average molecular weight is 429 g/mol. The maximum Gasteiger partial charge on any atom is 0.337 e. The van der Waals surface area contributed by atoms with Crippen LogP contribution in [0.5, 0.6) is 5.75 Å². The highest BCUT2D eigenvalue weighted by Gasteiger charge is 2.09. The molecule has 0 saturated carbocycles. The van der Waals surface area contributed by atoms with Gasteiger partial charge in [-0.15, -0.1) is 0 Å². The molecule has 0 bridgehead atoms. The van der Waals surface area contributed by atoms with Gasteiger partial charge in [0.2, 0.25) is 0 Å². The van der Waals surface area contributed by atoms with E-state index in [0.29, 0.717) is 18.8 Å². The SMILES string of the molecule is COC(=O)c1ccc(-c2ccc(C#Cc3ccc(OCCOC(C)(C)C)cc3)cc2)cc1. The maximum atomic E-state index is 11.6. The fourth-order valence-corrected chi connectivity index (χ4v) is 2.95. The van der Waals surface area contributed by atoms with Gasteiger partial charge in [0.25, 0.3) is 0 Å². The van der Waals surface area contributed by atoms with Gasteiger partial charge in [-0.2, -0.15) is 0 Å². The summed E-state index contributed by atoms with van der Waals surface area (Å²) in [7, 11) is 1.38. The Labute approximate surface area is 190 Å². The predicted molar refractivity (Wildman–Crippen MR) is 127 cm³/mol. The van der Waals surface area contributed by atoms with Gasteiger partial charge in [0.05, 0.1) is 24.9 Å². The molecule has 0 heterocycles. The minimum Gasteiger partial charge on any atom is -0.491 e. The summed E-state index contributed by atoms with van der Waals surface area (Å²) in [6.07, 6.45) is 0. The molecule has 3 aromatic rings. The molecule has 0 aromatic heterocycles. The lowest BCUT2D eigenvalue weighted by molar-refractivity contribution is -0.0163. The van der Waals surface area contributed by atoms with Crippen LogP contribution in [0.25, 0.3) is 11.1 Å². The molecule has 0 aliphatic heterocycles. The highest BCUT2D eigenvalue weighted by molar-refractivity contribution is 5.90. The molecular weight excluding hydrogens is 400 g/mol. The number of ether oxygens (including phenoxy) is 3. The van der Waals surface area contributed by atoms with Crippen molar-refractivity contribution in [3.8, 4) is 28.7 Å². The first-order chi connectivity index (χ1) is 15.3. The number of carbonyl (C=O) groups excluding carboxylic acids is 1. The molecule has 0 N–H and O–H groups in total. The summed E-state index contributed by atoms with van der Waals surface area (Å²) < 4.78 is 16.1. The lowest BCUT2D eigenvalue weighted by Crippen LogP contribution is -2.22. The molecular formula is C28H28O4. The molecule has 0 spiro atoms. The second-order valence-corrected chi connectivity index (χ2v) is 8.23. The van der Waals surface area contributed by atoms with Gasteiger partial charge in [0, 0.05) is 11.1 Å². The second kappa shape index (κ2) is 10.7. The average Bonchev–Trinajstić information content (AvgIpc) is 2.80. The van der Waals surface area contributed by atoms with Crippen molar-refractivity contribution in [1.82, 2.24) is 0 Å². The van der Waals surface area contributed by atoms with Crippen LogP contribution in [0.3, 0.4) is 0 Å². The zero-order valence-corrected chi connectivity index (χ0v) is 19.0. The third-order valence-electron chi connectivity index (χ3n) is 4.62. The Bertz CT molecular complexity index is 1080. The van der Waals surface area contributed by atoms with Crippen molar-refractivity contribution in [3.05, 3.63) is 89.5 Å². The topological polar surface area (TPSA) is 44.8 Å². The van der Waals surface area contributed by atoms with Crippen molar-refractivity contribution >= 4 is 5.97 Å². The summed E-state index contributed by atoms with van der Waals surface area (Å²) in [6, 6.07) is 23.1. The Morgan fingerprint density at radius 3 is 1.75 bits per heavy atom. The second-order valence-electron chi connectivity index (χ2n) is 8.23. The van der Waals surface area contributed by atoms with Crippen LogP contribution in [0.15, 0.2) is 72.8 Å². The van der Waals surface area contributed by atoms with E-state index in [1.165, 1.54) is 7.11 Å². The van der Waals surface area contributed by atoms with Crippen LogP contribution in [-0.4, -0.2) is 31.9 Å². The zero-order chi connectivity index (χ0) is 23.0. The van der Waals surface area contributed by atoms with E-state index >= 15 is 0 Å². The number of hydrogen-bond acceptors (Lipinski definition) is 4. The Balaban J connectivity index is 1.57.